The average molecular weight is 407 g/mol. The Hall–Kier alpha value is -2.08. The van der Waals surface area contributed by atoms with Gasteiger partial charge in [-0.2, -0.15) is 5.26 Å². The van der Waals surface area contributed by atoms with Crippen LogP contribution in [0.3, 0.4) is 0 Å². The molecule has 1 aliphatic rings. The molecule has 0 unspecified atom stereocenters. The number of nitrogens with one attached hydrogen (secondary N) is 1. The molecule has 0 bridgehead atoms. The van der Waals surface area contributed by atoms with Crippen molar-refractivity contribution in [3.8, 4) is 6.07 Å². The summed E-state index contributed by atoms with van der Waals surface area (Å²) >= 11 is 1.29. The average Bonchev–Trinajstić information content (AvgIpc) is 2.94. The van der Waals surface area contributed by atoms with E-state index in [1.54, 1.807) is 6.92 Å². The van der Waals surface area contributed by atoms with Crippen molar-refractivity contribution in [2.75, 3.05) is 12.3 Å². The number of rotatable bonds is 8. The Labute approximate surface area is 171 Å². The standard InChI is InChI=1S/C19H30N6O2S/c1-5-25-15(11-24-10-8-6-7-9-17(24)27)22-23-18(25)28-12-16(26)21-19(4,13-20)14(2)3/h14H,5-12H2,1-4H3,(H,21,26)/t19-/m1/s1. The van der Waals surface area contributed by atoms with Crippen molar-refractivity contribution in [2.24, 2.45) is 5.92 Å². The maximum absolute atomic E-state index is 12.3. The molecule has 2 heterocycles. The second-order valence-electron chi connectivity index (χ2n) is 7.57. The summed E-state index contributed by atoms with van der Waals surface area (Å²) < 4.78 is 1.95. The van der Waals surface area contributed by atoms with E-state index in [1.807, 2.05) is 30.2 Å². The predicted molar refractivity (Wildman–Crippen MR) is 107 cm³/mol. The zero-order valence-electron chi connectivity index (χ0n) is 17.2. The van der Waals surface area contributed by atoms with E-state index in [1.165, 1.54) is 11.8 Å². The summed E-state index contributed by atoms with van der Waals surface area (Å²) in [5.41, 5.74) is -0.894. The van der Waals surface area contributed by atoms with E-state index in [0.717, 1.165) is 31.6 Å². The van der Waals surface area contributed by atoms with E-state index < -0.39 is 5.54 Å². The van der Waals surface area contributed by atoms with E-state index in [0.29, 0.717) is 24.7 Å². The summed E-state index contributed by atoms with van der Waals surface area (Å²) in [6.45, 7) is 9.39. The molecule has 1 atom stereocenters. The Bertz CT molecular complexity index is 741. The van der Waals surface area contributed by atoms with Gasteiger partial charge < -0.3 is 14.8 Å². The van der Waals surface area contributed by atoms with Gasteiger partial charge >= 0.3 is 0 Å². The fourth-order valence-electron chi connectivity index (χ4n) is 2.99. The highest BCUT2D eigenvalue weighted by atomic mass is 32.2. The summed E-state index contributed by atoms with van der Waals surface area (Å²) in [4.78, 5) is 26.4. The van der Waals surface area contributed by atoms with Crippen LogP contribution in [0.2, 0.25) is 0 Å². The number of likely N-dealkylation sites (tertiary alicyclic amines) is 1. The van der Waals surface area contributed by atoms with Gasteiger partial charge in [0.25, 0.3) is 0 Å². The van der Waals surface area contributed by atoms with Gasteiger partial charge in [0, 0.05) is 19.5 Å². The van der Waals surface area contributed by atoms with Gasteiger partial charge in [-0.3, -0.25) is 9.59 Å². The van der Waals surface area contributed by atoms with Gasteiger partial charge in [0.2, 0.25) is 11.8 Å². The number of thioether (sulfide) groups is 1. The van der Waals surface area contributed by atoms with Gasteiger partial charge in [0.05, 0.1) is 18.4 Å². The van der Waals surface area contributed by atoms with Crippen LogP contribution in [0.5, 0.6) is 0 Å². The van der Waals surface area contributed by atoms with Crippen LogP contribution in [0.1, 0.15) is 59.2 Å². The van der Waals surface area contributed by atoms with Gasteiger partial charge in [-0.1, -0.05) is 32.0 Å². The molecule has 1 saturated heterocycles. The minimum atomic E-state index is -0.894. The molecule has 2 rings (SSSR count). The topological polar surface area (TPSA) is 104 Å². The molecular weight excluding hydrogens is 376 g/mol. The maximum Gasteiger partial charge on any atom is 0.231 e. The molecule has 0 radical (unpaired) electrons. The van der Waals surface area contributed by atoms with Crippen LogP contribution in [0.4, 0.5) is 0 Å². The van der Waals surface area contributed by atoms with Crippen LogP contribution in [0, 0.1) is 17.2 Å². The molecule has 8 nitrogen and oxygen atoms in total. The van der Waals surface area contributed by atoms with Crippen LogP contribution < -0.4 is 5.32 Å². The zero-order valence-corrected chi connectivity index (χ0v) is 18.0. The lowest BCUT2D eigenvalue weighted by Gasteiger charge is -2.27. The normalized spacial score (nSPS) is 17.1. The third kappa shape index (κ3) is 5.47. The fourth-order valence-corrected chi connectivity index (χ4v) is 3.82. The van der Waals surface area contributed by atoms with E-state index >= 15 is 0 Å². The summed E-state index contributed by atoms with van der Waals surface area (Å²) in [7, 11) is 0. The van der Waals surface area contributed by atoms with E-state index in [4.69, 9.17) is 0 Å². The molecule has 0 aliphatic carbocycles. The van der Waals surface area contributed by atoms with Crippen LogP contribution in [-0.2, 0) is 22.7 Å². The van der Waals surface area contributed by atoms with E-state index in [9.17, 15) is 14.9 Å². The van der Waals surface area contributed by atoms with Crippen LogP contribution >= 0.6 is 11.8 Å². The third-order valence-corrected chi connectivity index (χ3v) is 6.20. The molecule has 0 spiro atoms. The summed E-state index contributed by atoms with van der Waals surface area (Å²) in [5.74, 6) is 0.858. The number of nitriles is 1. The minimum Gasteiger partial charge on any atom is -0.337 e. The highest BCUT2D eigenvalue weighted by Gasteiger charge is 2.30. The SMILES string of the molecule is CCn1c(CN2CCCCCC2=O)nnc1SCC(=O)N[C@](C)(C#N)C(C)C. The number of carbonyl (C=O) groups excluding carboxylic acids is 2. The Kier molecular flexibility index (Phi) is 7.87. The predicted octanol–water partition coefficient (Wildman–Crippen LogP) is 2.35. The fraction of sp³-hybridized carbons (Fsp3) is 0.737. The monoisotopic (exact) mass is 406 g/mol. The van der Waals surface area contributed by atoms with Gasteiger partial charge in [-0.15, -0.1) is 10.2 Å². The number of hydrogen-bond acceptors (Lipinski definition) is 6. The Morgan fingerprint density at radius 3 is 2.75 bits per heavy atom. The number of aromatic nitrogens is 3. The van der Waals surface area contributed by atoms with Crippen molar-refractivity contribution in [2.45, 2.75) is 77.2 Å². The summed E-state index contributed by atoms with van der Waals surface area (Å²) in [6.07, 6.45) is 3.64. The minimum absolute atomic E-state index is 0.00325. The first kappa shape index (κ1) is 22.2. The molecule has 1 fully saturated rings. The van der Waals surface area contributed by atoms with Crippen molar-refractivity contribution in [3.63, 3.8) is 0 Å². The van der Waals surface area contributed by atoms with Crippen molar-refractivity contribution in [1.82, 2.24) is 25.0 Å². The maximum atomic E-state index is 12.3. The molecule has 154 valence electrons. The quantitative estimate of drug-likeness (QED) is 0.665. The van der Waals surface area contributed by atoms with Crippen LogP contribution in [-0.4, -0.2) is 49.3 Å². The van der Waals surface area contributed by atoms with Gasteiger partial charge in [0.1, 0.15) is 5.54 Å². The first-order valence-corrected chi connectivity index (χ1v) is 10.8. The highest BCUT2D eigenvalue weighted by molar-refractivity contribution is 7.99. The van der Waals surface area contributed by atoms with E-state index in [-0.39, 0.29) is 23.5 Å². The third-order valence-electron chi connectivity index (χ3n) is 5.23. The van der Waals surface area contributed by atoms with Crippen molar-refractivity contribution in [3.05, 3.63) is 5.82 Å². The Balaban J connectivity index is 2.00. The van der Waals surface area contributed by atoms with Gasteiger partial charge in [-0.05, 0) is 32.6 Å². The second-order valence-corrected chi connectivity index (χ2v) is 8.52. The van der Waals surface area contributed by atoms with Crippen molar-refractivity contribution in [1.29, 1.82) is 5.26 Å². The van der Waals surface area contributed by atoms with Gasteiger partial charge in [0.15, 0.2) is 11.0 Å². The lowest BCUT2D eigenvalue weighted by atomic mass is 9.90. The first-order valence-electron chi connectivity index (χ1n) is 9.85. The number of nitrogens with zero attached hydrogens (tertiary/aromatic N) is 5. The second kappa shape index (κ2) is 9.92. The smallest absolute Gasteiger partial charge is 0.231 e. The first-order chi connectivity index (χ1) is 13.3. The largest absolute Gasteiger partial charge is 0.337 e. The van der Waals surface area contributed by atoms with E-state index in [2.05, 4.69) is 21.6 Å². The Morgan fingerprint density at radius 2 is 2.11 bits per heavy atom. The molecule has 2 amide bonds. The van der Waals surface area contributed by atoms with Crippen LogP contribution in [0.25, 0.3) is 0 Å². The Morgan fingerprint density at radius 1 is 1.36 bits per heavy atom. The number of carbonyl (C=O) groups is 2. The van der Waals surface area contributed by atoms with Crippen molar-refractivity contribution < 1.29 is 9.59 Å². The molecule has 9 heteroatoms. The van der Waals surface area contributed by atoms with Crippen molar-refractivity contribution >= 4 is 23.6 Å². The summed E-state index contributed by atoms with van der Waals surface area (Å²) in [5, 5.41) is 21.3. The molecule has 1 aliphatic heterocycles. The van der Waals surface area contributed by atoms with Gasteiger partial charge in [-0.25, -0.2) is 0 Å². The lowest BCUT2D eigenvalue weighted by molar-refractivity contribution is -0.131. The molecule has 0 aromatic carbocycles. The summed E-state index contributed by atoms with van der Waals surface area (Å²) in [6, 6.07) is 2.18. The zero-order chi connectivity index (χ0) is 20.7. The number of amides is 2. The lowest BCUT2D eigenvalue weighted by Crippen LogP contribution is -2.49. The molecule has 1 aromatic heterocycles. The van der Waals surface area contributed by atoms with Crippen LogP contribution in [0.15, 0.2) is 5.16 Å². The highest BCUT2D eigenvalue weighted by Crippen LogP contribution is 2.21. The molecule has 0 saturated carbocycles. The molecule has 1 aromatic rings. The number of hydrogen-bond donors (Lipinski definition) is 1. The molecule has 28 heavy (non-hydrogen) atoms. The molecule has 1 N–H and O–H groups in total. The molecular formula is C19H30N6O2S.